The summed E-state index contributed by atoms with van der Waals surface area (Å²) in [6, 6.07) is 0.424. The maximum Gasteiger partial charge on any atom is 0.0727 e. The molecule has 13 heavy (non-hydrogen) atoms. The van der Waals surface area contributed by atoms with Crippen molar-refractivity contribution in [3.63, 3.8) is 0 Å². The van der Waals surface area contributed by atoms with Crippen LogP contribution in [0, 0.1) is 0 Å². The molecule has 0 aromatic heterocycles. The molecule has 2 unspecified atom stereocenters. The molecule has 0 radical (unpaired) electrons. The number of ether oxygens (including phenoxy) is 1. The Morgan fingerprint density at radius 1 is 1.46 bits per heavy atom. The van der Waals surface area contributed by atoms with E-state index in [0.717, 1.165) is 25.8 Å². The van der Waals surface area contributed by atoms with Gasteiger partial charge in [0.1, 0.15) is 0 Å². The van der Waals surface area contributed by atoms with Gasteiger partial charge in [-0.15, -0.1) is 6.58 Å². The third kappa shape index (κ3) is 5.06. The summed E-state index contributed by atoms with van der Waals surface area (Å²) in [6.07, 6.45) is 5.53. The van der Waals surface area contributed by atoms with Crippen LogP contribution >= 0.6 is 0 Å². The Bertz CT molecular complexity index is 125. The SMILES string of the molecule is C=CCC(NCC)C(CCC)OC. The summed E-state index contributed by atoms with van der Waals surface area (Å²) in [5.74, 6) is 0. The normalized spacial score (nSPS) is 15.3. The Hall–Kier alpha value is -0.340. The molecule has 0 bridgehead atoms. The summed E-state index contributed by atoms with van der Waals surface area (Å²) in [6.45, 7) is 9.06. The van der Waals surface area contributed by atoms with Crippen molar-refractivity contribution in [2.24, 2.45) is 0 Å². The lowest BCUT2D eigenvalue weighted by atomic mass is 10.0. The topological polar surface area (TPSA) is 21.3 Å². The second-order valence-electron chi connectivity index (χ2n) is 3.25. The van der Waals surface area contributed by atoms with Crippen molar-refractivity contribution in [1.82, 2.24) is 5.32 Å². The van der Waals surface area contributed by atoms with E-state index in [4.69, 9.17) is 4.74 Å². The zero-order chi connectivity index (χ0) is 10.1. The van der Waals surface area contributed by atoms with Gasteiger partial charge >= 0.3 is 0 Å². The quantitative estimate of drug-likeness (QED) is 0.586. The largest absolute Gasteiger partial charge is 0.380 e. The first-order valence-corrected chi connectivity index (χ1v) is 5.17. The molecule has 0 saturated carbocycles. The third-order valence-electron chi connectivity index (χ3n) is 2.21. The van der Waals surface area contributed by atoms with Crippen molar-refractivity contribution >= 4 is 0 Å². The number of likely N-dealkylation sites (N-methyl/N-ethyl adjacent to an activating group) is 1. The highest BCUT2D eigenvalue weighted by Crippen LogP contribution is 2.09. The molecule has 2 heteroatoms. The highest BCUT2D eigenvalue weighted by atomic mass is 16.5. The first-order valence-electron chi connectivity index (χ1n) is 5.17. The molecule has 2 nitrogen and oxygen atoms in total. The van der Waals surface area contributed by atoms with Gasteiger partial charge in [-0.2, -0.15) is 0 Å². The molecule has 0 saturated heterocycles. The predicted molar refractivity (Wildman–Crippen MR) is 58.0 cm³/mol. The fourth-order valence-corrected chi connectivity index (χ4v) is 1.58. The first-order chi connectivity index (χ1) is 6.29. The van der Waals surface area contributed by atoms with Crippen LogP contribution < -0.4 is 5.32 Å². The molecule has 0 aliphatic rings. The van der Waals surface area contributed by atoms with Crippen LogP contribution in [0.15, 0.2) is 12.7 Å². The number of rotatable bonds is 8. The molecular weight excluding hydrogens is 162 g/mol. The van der Waals surface area contributed by atoms with E-state index in [1.807, 2.05) is 6.08 Å². The van der Waals surface area contributed by atoms with Gasteiger partial charge in [-0.1, -0.05) is 26.3 Å². The van der Waals surface area contributed by atoms with Gasteiger partial charge in [-0.05, 0) is 19.4 Å². The molecule has 0 rings (SSSR count). The van der Waals surface area contributed by atoms with E-state index in [-0.39, 0.29) is 0 Å². The molecule has 2 atom stereocenters. The molecule has 0 amide bonds. The van der Waals surface area contributed by atoms with Crippen LogP contribution in [0.2, 0.25) is 0 Å². The van der Waals surface area contributed by atoms with Gasteiger partial charge in [0.05, 0.1) is 6.10 Å². The van der Waals surface area contributed by atoms with E-state index < -0.39 is 0 Å². The number of nitrogens with one attached hydrogen (secondary N) is 1. The van der Waals surface area contributed by atoms with Crippen molar-refractivity contribution in [2.45, 2.75) is 45.3 Å². The van der Waals surface area contributed by atoms with Crippen LogP contribution in [0.4, 0.5) is 0 Å². The highest BCUT2D eigenvalue weighted by Gasteiger charge is 2.17. The third-order valence-corrected chi connectivity index (χ3v) is 2.21. The van der Waals surface area contributed by atoms with E-state index in [0.29, 0.717) is 12.1 Å². The van der Waals surface area contributed by atoms with Crippen LogP contribution in [0.3, 0.4) is 0 Å². The van der Waals surface area contributed by atoms with Gasteiger partial charge in [-0.25, -0.2) is 0 Å². The molecule has 0 aromatic rings. The summed E-state index contributed by atoms with van der Waals surface area (Å²) < 4.78 is 5.45. The predicted octanol–water partition coefficient (Wildman–Crippen LogP) is 2.36. The molecule has 0 fully saturated rings. The van der Waals surface area contributed by atoms with Crippen molar-refractivity contribution in [1.29, 1.82) is 0 Å². The monoisotopic (exact) mass is 185 g/mol. The zero-order valence-corrected chi connectivity index (χ0v) is 9.18. The van der Waals surface area contributed by atoms with Crippen LogP contribution in [0.1, 0.15) is 33.1 Å². The second kappa shape index (κ2) is 8.27. The Kier molecular flexibility index (Phi) is 8.05. The maximum absolute atomic E-state index is 5.45. The minimum Gasteiger partial charge on any atom is -0.380 e. The second-order valence-corrected chi connectivity index (χ2v) is 3.25. The van der Waals surface area contributed by atoms with Gasteiger partial charge < -0.3 is 10.1 Å². The Balaban J connectivity index is 4.02. The van der Waals surface area contributed by atoms with E-state index in [2.05, 4.69) is 25.7 Å². The van der Waals surface area contributed by atoms with Crippen LogP contribution in [-0.4, -0.2) is 25.8 Å². The van der Waals surface area contributed by atoms with E-state index in [1.165, 1.54) is 0 Å². The fraction of sp³-hybridized carbons (Fsp3) is 0.818. The minimum absolute atomic E-state index is 0.322. The Morgan fingerprint density at radius 3 is 2.54 bits per heavy atom. The molecule has 1 N–H and O–H groups in total. The highest BCUT2D eigenvalue weighted by molar-refractivity contribution is 4.83. The minimum atomic E-state index is 0.322. The molecule has 0 aromatic carbocycles. The smallest absolute Gasteiger partial charge is 0.0727 e. The molecule has 0 spiro atoms. The summed E-state index contributed by atoms with van der Waals surface area (Å²) in [7, 11) is 1.79. The Morgan fingerprint density at radius 2 is 2.15 bits per heavy atom. The number of hydrogen-bond acceptors (Lipinski definition) is 2. The molecular formula is C11H23NO. The fourth-order valence-electron chi connectivity index (χ4n) is 1.58. The summed E-state index contributed by atoms with van der Waals surface area (Å²) in [4.78, 5) is 0. The average molecular weight is 185 g/mol. The van der Waals surface area contributed by atoms with Crippen LogP contribution in [0.5, 0.6) is 0 Å². The van der Waals surface area contributed by atoms with Crippen LogP contribution in [-0.2, 0) is 4.74 Å². The summed E-state index contributed by atoms with van der Waals surface area (Å²) in [5.41, 5.74) is 0. The lowest BCUT2D eigenvalue weighted by Crippen LogP contribution is -2.40. The number of methoxy groups -OCH3 is 1. The summed E-state index contributed by atoms with van der Waals surface area (Å²) in [5, 5.41) is 3.42. The van der Waals surface area contributed by atoms with Crippen LogP contribution in [0.25, 0.3) is 0 Å². The Labute approximate surface area is 82.4 Å². The maximum atomic E-state index is 5.45. The lowest BCUT2D eigenvalue weighted by molar-refractivity contribution is 0.0622. The van der Waals surface area contributed by atoms with Crippen molar-refractivity contribution in [3.8, 4) is 0 Å². The zero-order valence-electron chi connectivity index (χ0n) is 9.18. The van der Waals surface area contributed by atoms with Crippen molar-refractivity contribution < 1.29 is 4.74 Å². The van der Waals surface area contributed by atoms with Gasteiger partial charge in [0.15, 0.2) is 0 Å². The molecule has 0 aliphatic carbocycles. The molecule has 0 heterocycles. The van der Waals surface area contributed by atoms with Gasteiger partial charge in [0, 0.05) is 13.2 Å². The van der Waals surface area contributed by atoms with E-state index in [1.54, 1.807) is 7.11 Å². The number of hydrogen-bond donors (Lipinski definition) is 1. The first kappa shape index (κ1) is 12.7. The van der Waals surface area contributed by atoms with Crippen molar-refractivity contribution in [3.05, 3.63) is 12.7 Å². The van der Waals surface area contributed by atoms with Gasteiger partial charge in [0.25, 0.3) is 0 Å². The van der Waals surface area contributed by atoms with E-state index in [9.17, 15) is 0 Å². The molecule has 78 valence electrons. The standard InChI is InChI=1S/C11H23NO/c1-5-8-10(12-7-3)11(13-4)9-6-2/h5,10-12H,1,6-9H2,2-4H3. The van der Waals surface area contributed by atoms with E-state index >= 15 is 0 Å². The average Bonchev–Trinajstić information content (AvgIpc) is 2.14. The van der Waals surface area contributed by atoms with Gasteiger partial charge in [0.2, 0.25) is 0 Å². The van der Waals surface area contributed by atoms with Gasteiger partial charge in [-0.3, -0.25) is 0 Å². The lowest BCUT2D eigenvalue weighted by Gasteiger charge is -2.25. The molecule has 0 aliphatic heterocycles. The van der Waals surface area contributed by atoms with Crippen molar-refractivity contribution in [2.75, 3.05) is 13.7 Å². The summed E-state index contributed by atoms with van der Waals surface area (Å²) >= 11 is 0.